The zero-order chi connectivity index (χ0) is 22.2. The zero-order valence-corrected chi connectivity index (χ0v) is 19.1. The predicted molar refractivity (Wildman–Crippen MR) is 124 cm³/mol. The molecule has 2 unspecified atom stereocenters. The van der Waals surface area contributed by atoms with E-state index in [4.69, 9.17) is 14.2 Å². The molecule has 2 aromatic carbocycles. The van der Waals surface area contributed by atoms with Crippen molar-refractivity contribution in [1.82, 2.24) is 15.5 Å². The second-order valence-corrected chi connectivity index (χ2v) is 7.76. The Kier molecular flexibility index (Phi) is 8.00. The maximum atomic E-state index is 5.58. The fourth-order valence-corrected chi connectivity index (χ4v) is 4.11. The summed E-state index contributed by atoms with van der Waals surface area (Å²) in [4.78, 5) is 6.92. The number of rotatable bonds is 8. The fourth-order valence-electron chi connectivity index (χ4n) is 4.11. The minimum Gasteiger partial charge on any atom is -0.493 e. The maximum absolute atomic E-state index is 5.58. The quantitative estimate of drug-likeness (QED) is 0.500. The molecule has 2 N–H and O–H groups in total. The molecule has 168 valence electrons. The first-order chi connectivity index (χ1) is 15.1. The van der Waals surface area contributed by atoms with E-state index < -0.39 is 0 Å². The summed E-state index contributed by atoms with van der Waals surface area (Å²) in [6.45, 7) is 4.79. The molecule has 0 saturated carbocycles. The van der Waals surface area contributed by atoms with Gasteiger partial charge in [0.25, 0.3) is 0 Å². The van der Waals surface area contributed by atoms with E-state index in [2.05, 4.69) is 57.8 Å². The van der Waals surface area contributed by atoms with E-state index in [1.54, 1.807) is 28.4 Å². The summed E-state index contributed by atoms with van der Waals surface area (Å²) in [5.41, 5.74) is 2.31. The number of guanidine groups is 1. The summed E-state index contributed by atoms with van der Waals surface area (Å²) >= 11 is 0. The number of hydrogen-bond donors (Lipinski definition) is 2. The van der Waals surface area contributed by atoms with Crippen LogP contribution in [0.25, 0.3) is 0 Å². The van der Waals surface area contributed by atoms with Gasteiger partial charge in [0.1, 0.15) is 0 Å². The molecule has 1 aliphatic heterocycles. The number of nitrogens with zero attached hydrogens (tertiary/aromatic N) is 2. The van der Waals surface area contributed by atoms with Gasteiger partial charge < -0.3 is 24.8 Å². The average Bonchev–Trinajstić information content (AvgIpc) is 3.14. The number of methoxy groups -OCH3 is 3. The highest BCUT2D eigenvalue weighted by atomic mass is 16.5. The lowest BCUT2D eigenvalue weighted by Crippen LogP contribution is -2.44. The Balaban J connectivity index is 1.59. The van der Waals surface area contributed by atoms with Gasteiger partial charge in [0.15, 0.2) is 17.5 Å². The molecule has 1 aliphatic rings. The number of aliphatic imine (C=N–C) groups is 1. The van der Waals surface area contributed by atoms with E-state index in [-0.39, 0.29) is 0 Å². The van der Waals surface area contributed by atoms with E-state index >= 15 is 0 Å². The van der Waals surface area contributed by atoms with Crippen LogP contribution in [0.15, 0.2) is 47.5 Å². The number of likely N-dealkylation sites (tertiary alicyclic amines) is 1. The molecule has 2 atom stereocenters. The molecule has 0 aromatic heterocycles. The molecule has 31 heavy (non-hydrogen) atoms. The molecule has 0 radical (unpaired) electrons. The van der Waals surface area contributed by atoms with Crippen molar-refractivity contribution in [2.75, 3.05) is 34.9 Å². The van der Waals surface area contributed by atoms with Crippen LogP contribution in [0.2, 0.25) is 0 Å². The Morgan fingerprint density at radius 2 is 1.77 bits per heavy atom. The van der Waals surface area contributed by atoms with E-state index in [1.807, 2.05) is 12.1 Å². The van der Waals surface area contributed by atoms with Crippen molar-refractivity contribution in [2.24, 2.45) is 4.99 Å². The second-order valence-electron chi connectivity index (χ2n) is 7.76. The van der Waals surface area contributed by atoms with Crippen LogP contribution in [0.1, 0.15) is 24.5 Å². The van der Waals surface area contributed by atoms with E-state index in [0.717, 1.165) is 31.0 Å². The summed E-state index contributed by atoms with van der Waals surface area (Å²) < 4.78 is 16.4. The highest BCUT2D eigenvalue weighted by Crippen LogP contribution is 2.39. The molecule has 1 fully saturated rings. The monoisotopic (exact) mass is 426 g/mol. The summed E-state index contributed by atoms with van der Waals surface area (Å²) in [6, 6.07) is 15.3. The van der Waals surface area contributed by atoms with Gasteiger partial charge in [0.05, 0.1) is 21.3 Å². The van der Waals surface area contributed by atoms with E-state index in [9.17, 15) is 0 Å². The standard InChI is InChI=1S/C24H34N4O3/c1-17-13-20(16-28(17)15-18-9-7-6-8-10-18)27-24(25-2)26-14-19-11-12-21(29-3)23(31-5)22(19)30-4/h6-12,17,20H,13-16H2,1-5H3,(H2,25,26,27). The molecule has 0 amide bonds. The van der Waals surface area contributed by atoms with Crippen molar-refractivity contribution < 1.29 is 14.2 Å². The molecule has 7 heteroatoms. The zero-order valence-electron chi connectivity index (χ0n) is 19.1. The Bertz CT molecular complexity index is 873. The Morgan fingerprint density at radius 3 is 2.42 bits per heavy atom. The van der Waals surface area contributed by atoms with Crippen LogP contribution in [-0.4, -0.2) is 57.9 Å². The highest BCUT2D eigenvalue weighted by molar-refractivity contribution is 5.80. The van der Waals surface area contributed by atoms with Gasteiger partial charge in [0.2, 0.25) is 5.75 Å². The van der Waals surface area contributed by atoms with E-state index in [0.29, 0.717) is 35.9 Å². The second kappa shape index (κ2) is 10.9. The van der Waals surface area contributed by atoms with Crippen molar-refractivity contribution in [2.45, 2.75) is 38.5 Å². The average molecular weight is 427 g/mol. The smallest absolute Gasteiger partial charge is 0.203 e. The summed E-state index contributed by atoms with van der Waals surface area (Å²) in [5.74, 6) is 2.67. The Labute approximate surface area is 185 Å². The molecule has 0 aliphatic carbocycles. The lowest BCUT2D eigenvalue weighted by Gasteiger charge is -2.21. The van der Waals surface area contributed by atoms with Gasteiger partial charge in [-0.25, -0.2) is 0 Å². The molecular weight excluding hydrogens is 392 g/mol. The Morgan fingerprint density at radius 1 is 1.03 bits per heavy atom. The minimum atomic E-state index is 0.345. The third-order valence-corrected chi connectivity index (χ3v) is 5.73. The Hall–Kier alpha value is -2.93. The molecule has 0 spiro atoms. The largest absolute Gasteiger partial charge is 0.493 e. The first kappa shape index (κ1) is 22.7. The third kappa shape index (κ3) is 5.61. The topological polar surface area (TPSA) is 67.4 Å². The van der Waals surface area contributed by atoms with Crippen LogP contribution < -0.4 is 24.8 Å². The van der Waals surface area contributed by atoms with Gasteiger partial charge in [-0.05, 0) is 31.0 Å². The number of ether oxygens (including phenoxy) is 3. The van der Waals surface area contributed by atoms with Gasteiger partial charge in [-0.2, -0.15) is 0 Å². The molecule has 1 heterocycles. The van der Waals surface area contributed by atoms with Crippen LogP contribution in [0.5, 0.6) is 17.2 Å². The summed E-state index contributed by atoms with van der Waals surface area (Å²) in [7, 11) is 6.65. The van der Waals surface area contributed by atoms with Crippen LogP contribution in [-0.2, 0) is 13.1 Å². The van der Waals surface area contributed by atoms with Crippen molar-refractivity contribution >= 4 is 5.96 Å². The van der Waals surface area contributed by atoms with Gasteiger partial charge in [-0.1, -0.05) is 30.3 Å². The maximum Gasteiger partial charge on any atom is 0.203 e. The van der Waals surface area contributed by atoms with Crippen molar-refractivity contribution in [1.29, 1.82) is 0 Å². The predicted octanol–water partition coefficient (Wildman–Crippen LogP) is 3.04. The van der Waals surface area contributed by atoms with Crippen molar-refractivity contribution in [3.05, 3.63) is 53.6 Å². The molecule has 0 bridgehead atoms. The van der Waals surface area contributed by atoms with Crippen molar-refractivity contribution in [3.8, 4) is 17.2 Å². The van der Waals surface area contributed by atoms with Gasteiger partial charge >= 0.3 is 0 Å². The van der Waals surface area contributed by atoms with Crippen LogP contribution >= 0.6 is 0 Å². The lowest BCUT2D eigenvalue weighted by molar-refractivity contribution is 0.258. The number of benzene rings is 2. The lowest BCUT2D eigenvalue weighted by atomic mass is 10.1. The molecular formula is C24H34N4O3. The van der Waals surface area contributed by atoms with Gasteiger partial charge in [-0.3, -0.25) is 9.89 Å². The summed E-state index contributed by atoms with van der Waals surface area (Å²) in [6.07, 6.45) is 1.08. The third-order valence-electron chi connectivity index (χ3n) is 5.73. The molecule has 7 nitrogen and oxygen atoms in total. The number of nitrogens with one attached hydrogen (secondary N) is 2. The molecule has 3 rings (SSSR count). The minimum absolute atomic E-state index is 0.345. The van der Waals surface area contributed by atoms with Gasteiger partial charge in [-0.15, -0.1) is 0 Å². The summed E-state index contributed by atoms with van der Waals surface area (Å²) in [5, 5.41) is 6.97. The highest BCUT2D eigenvalue weighted by Gasteiger charge is 2.29. The SMILES string of the molecule is CN=C(NCc1ccc(OC)c(OC)c1OC)NC1CC(C)N(Cc2ccccc2)C1. The number of hydrogen-bond acceptors (Lipinski definition) is 5. The fraction of sp³-hybridized carbons (Fsp3) is 0.458. The first-order valence-electron chi connectivity index (χ1n) is 10.6. The van der Waals surface area contributed by atoms with Crippen LogP contribution in [0, 0.1) is 0 Å². The normalized spacial score (nSPS) is 19.2. The van der Waals surface area contributed by atoms with Crippen LogP contribution in [0.3, 0.4) is 0 Å². The van der Waals surface area contributed by atoms with Crippen molar-refractivity contribution in [3.63, 3.8) is 0 Å². The van der Waals surface area contributed by atoms with E-state index in [1.165, 1.54) is 5.56 Å². The molecule has 2 aromatic rings. The van der Waals surface area contributed by atoms with Crippen LogP contribution in [0.4, 0.5) is 0 Å². The first-order valence-corrected chi connectivity index (χ1v) is 10.6. The van der Waals surface area contributed by atoms with Gasteiger partial charge in [0, 0.05) is 44.3 Å². The molecule has 1 saturated heterocycles.